The molecule has 88 valence electrons. The Hall–Kier alpha value is -0.970. The van der Waals surface area contributed by atoms with Crippen LogP contribution in [0.2, 0.25) is 0 Å². The second-order valence-electron chi connectivity index (χ2n) is 4.29. The van der Waals surface area contributed by atoms with Crippen LogP contribution < -0.4 is 11.3 Å². The van der Waals surface area contributed by atoms with Crippen LogP contribution in [-0.2, 0) is 11.2 Å². The maximum atomic E-state index is 5.64. The van der Waals surface area contributed by atoms with E-state index in [0.717, 1.165) is 32.5 Å². The lowest BCUT2D eigenvalue weighted by atomic mass is 9.88. The molecule has 0 aromatic carbocycles. The molecule has 1 fully saturated rings. The molecule has 2 rings (SSSR count). The van der Waals surface area contributed by atoms with Crippen molar-refractivity contribution in [1.29, 1.82) is 0 Å². The minimum absolute atomic E-state index is 0.327. The van der Waals surface area contributed by atoms with Gasteiger partial charge in [0.25, 0.3) is 0 Å². The first-order chi connectivity index (χ1) is 7.90. The smallest absolute Gasteiger partial charge is 0.0469 e. The molecule has 1 aliphatic rings. The highest BCUT2D eigenvalue weighted by Crippen LogP contribution is 2.20. The Morgan fingerprint density at radius 1 is 1.50 bits per heavy atom. The predicted octanol–water partition coefficient (Wildman–Crippen LogP) is 0.883. The number of hydrogen-bond acceptors (Lipinski definition) is 4. The van der Waals surface area contributed by atoms with Crippen LogP contribution in [0, 0.1) is 5.92 Å². The van der Waals surface area contributed by atoms with E-state index in [9.17, 15) is 0 Å². The number of pyridine rings is 1. The monoisotopic (exact) mass is 221 g/mol. The van der Waals surface area contributed by atoms with Gasteiger partial charge in [-0.25, -0.2) is 0 Å². The molecule has 0 spiro atoms. The largest absolute Gasteiger partial charge is 0.381 e. The third kappa shape index (κ3) is 3.01. The number of nitrogens with zero attached hydrogens (tertiary/aromatic N) is 1. The van der Waals surface area contributed by atoms with Crippen molar-refractivity contribution in [3.8, 4) is 0 Å². The summed E-state index contributed by atoms with van der Waals surface area (Å²) in [6, 6.07) is 4.39. The molecule has 0 aliphatic carbocycles. The molecule has 1 aromatic heterocycles. The molecule has 1 aromatic rings. The zero-order valence-corrected chi connectivity index (χ0v) is 9.43. The van der Waals surface area contributed by atoms with E-state index in [1.165, 1.54) is 5.56 Å². The molecule has 0 radical (unpaired) electrons. The quantitative estimate of drug-likeness (QED) is 0.585. The van der Waals surface area contributed by atoms with Gasteiger partial charge in [-0.15, -0.1) is 0 Å². The summed E-state index contributed by atoms with van der Waals surface area (Å²) in [5.41, 5.74) is 4.17. The fourth-order valence-corrected chi connectivity index (χ4v) is 2.25. The highest BCUT2D eigenvalue weighted by Gasteiger charge is 2.23. The van der Waals surface area contributed by atoms with Crippen molar-refractivity contribution in [2.75, 3.05) is 13.2 Å². The second kappa shape index (κ2) is 5.94. The molecule has 2 heterocycles. The maximum absolute atomic E-state index is 5.64. The molecule has 0 amide bonds. The lowest BCUT2D eigenvalue weighted by Gasteiger charge is -2.29. The van der Waals surface area contributed by atoms with Gasteiger partial charge in [0, 0.05) is 31.6 Å². The number of ether oxygens (including phenoxy) is 1. The van der Waals surface area contributed by atoms with E-state index in [1.54, 1.807) is 6.20 Å². The molecule has 4 nitrogen and oxygen atoms in total. The Labute approximate surface area is 96.2 Å². The van der Waals surface area contributed by atoms with Gasteiger partial charge >= 0.3 is 0 Å². The van der Waals surface area contributed by atoms with Crippen LogP contribution in [0.25, 0.3) is 0 Å². The summed E-state index contributed by atoms with van der Waals surface area (Å²) in [4.78, 5) is 4.12. The molecule has 1 saturated heterocycles. The highest BCUT2D eigenvalue weighted by molar-refractivity contribution is 5.10. The molecular formula is C12H19N3O. The van der Waals surface area contributed by atoms with Crippen LogP contribution in [0.1, 0.15) is 18.4 Å². The Bertz CT molecular complexity index is 298. The maximum Gasteiger partial charge on any atom is 0.0469 e. The Balaban J connectivity index is 1.94. The fourth-order valence-electron chi connectivity index (χ4n) is 2.25. The van der Waals surface area contributed by atoms with E-state index in [0.29, 0.717) is 12.0 Å². The van der Waals surface area contributed by atoms with Crippen molar-refractivity contribution in [3.05, 3.63) is 30.1 Å². The van der Waals surface area contributed by atoms with E-state index in [4.69, 9.17) is 10.6 Å². The normalized spacial score (nSPS) is 19.6. The molecule has 1 aliphatic heterocycles. The van der Waals surface area contributed by atoms with Gasteiger partial charge in [-0.3, -0.25) is 16.3 Å². The van der Waals surface area contributed by atoms with Crippen LogP contribution in [0.4, 0.5) is 0 Å². The van der Waals surface area contributed by atoms with Crippen LogP contribution in [0.5, 0.6) is 0 Å². The summed E-state index contributed by atoms with van der Waals surface area (Å²) >= 11 is 0. The van der Waals surface area contributed by atoms with Gasteiger partial charge < -0.3 is 4.74 Å². The van der Waals surface area contributed by atoms with Gasteiger partial charge in [0.2, 0.25) is 0 Å². The topological polar surface area (TPSA) is 60.2 Å². The fraction of sp³-hybridized carbons (Fsp3) is 0.583. The molecule has 1 unspecified atom stereocenters. The molecule has 3 N–H and O–H groups in total. The second-order valence-corrected chi connectivity index (χ2v) is 4.29. The van der Waals surface area contributed by atoms with Gasteiger partial charge in [-0.2, -0.15) is 0 Å². The van der Waals surface area contributed by atoms with Gasteiger partial charge in [-0.05, 0) is 36.8 Å². The third-order valence-corrected chi connectivity index (χ3v) is 3.23. The molecular weight excluding hydrogens is 202 g/mol. The van der Waals surface area contributed by atoms with Crippen LogP contribution in [-0.4, -0.2) is 24.2 Å². The van der Waals surface area contributed by atoms with Gasteiger partial charge in [0.05, 0.1) is 0 Å². The number of aromatic nitrogens is 1. The summed E-state index contributed by atoms with van der Waals surface area (Å²) < 4.78 is 5.36. The molecule has 16 heavy (non-hydrogen) atoms. The Morgan fingerprint density at radius 3 is 2.94 bits per heavy atom. The molecule has 4 heteroatoms. The Kier molecular flexibility index (Phi) is 4.27. The van der Waals surface area contributed by atoms with E-state index in [-0.39, 0.29) is 0 Å². The number of hydrazine groups is 1. The van der Waals surface area contributed by atoms with E-state index >= 15 is 0 Å². The number of rotatable bonds is 4. The highest BCUT2D eigenvalue weighted by atomic mass is 16.5. The predicted molar refractivity (Wildman–Crippen MR) is 62.6 cm³/mol. The van der Waals surface area contributed by atoms with E-state index in [2.05, 4.69) is 16.5 Å². The van der Waals surface area contributed by atoms with Crippen molar-refractivity contribution in [2.45, 2.75) is 25.3 Å². The summed E-state index contributed by atoms with van der Waals surface area (Å²) in [6.45, 7) is 1.71. The van der Waals surface area contributed by atoms with Crippen molar-refractivity contribution < 1.29 is 4.74 Å². The summed E-state index contributed by atoms with van der Waals surface area (Å²) in [5.74, 6) is 6.25. The van der Waals surface area contributed by atoms with Crippen LogP contribution >= 0.6 is 0 Å². The van der Waals surface area contributed by atoms with Crippen LogP contribution in [0.3, 0.4) is 0 Å². The molecule has 0 bridgehead atoms. The van der Waals surface area contributed by atoms with Crippen molar-refractivity contribution in [3.63, 3.8) is 0 Å². The van der Waals surface area contributed by atoms with Crippen molar-refractivity contribution in [1.82, 2.24) is 10.4 Å². The van der Waals surface area contributed by atoms with Gasteiger partial charge in [0.15, 0.2) is 0 Å². The lowest BCUT2D eigenvalue weighted by molar-refractivity contribution is 0.0538. The van der Waals surface area contributed by atoms with Crippen LogP contribution in [0.15, 0.2) is 24.5 Å². The molecule has 1 atom stereocenters. The number of hydrogen-bond donors (Lipinski definition) is 2. The summed E-state index contributed by atoms with van der Waals surface area (Å²) in [7, 11) is 0. The third-order valence-electron chi connectivity index (χ3n) is 3.23. The SMILES string of the molecule is NNC(Cc1cccnc1)C1CCOCC1. The first-order valence-electron chi connectivity index (χ1n) is 5.83. The number of nitrogens with one attached hydrogen (secondary N) is 1. The average molecular weight is 221 g/mol. The average Bonchev–Trinajstić information content (AvgIpc) is 2.38. The number of nitrogens with two attached hydrogens (primary N) is 1. The Morgan fingerprint density at radius 2 is 2.31 bits per heavy atom. The first-order valence-corrected chi connectivity index (χ1v) is 5.83. The van der Waals surface area contributed by atoms with Gasteiger partial charge in [0.1, 0.15) is 0 Å². The van der Waals surface area contributed by atoms with Crippen molar-refractivity contribution >= 4 is 0 Å². The zero-order valence-electron chi connectivity index (χ0n) is 9.43. The summed E-state index contributed by atoms with van der Waals surface area (Å²) in [5, 5.41) is 0. The van der Waals surface area contributed by atoms with E-state index < -0.39 is 0 Å². The standard InChI is InChI=1S/C12H19N3O/c13-15-12(11-3-6-16-7-4-11)8-10-2-1-5-14-9-10/h1-2,5,9,11-12,15H,3-4,6-8,13H2. The zero-order chi connectivity index (χ0) is 11.2. The minimum Gasteiger partial charge on any atom is -0.381 e. The van der Waals surface area contributed by atoms with Gasteiger partial charge in [-0.1, -0.05) is 6.07 Å². The van der Waals surface area contributed by atoms with E-state index in [1.807, 2.05) is 12.3 Å². The molecule has 0 saturated carbocycles. The first kappa shape index (κ1) is 11.5. The van der Waals surface area contributed by atoms with Crippen molar-refractivity contribution in [2.24, 2.45) is 11.8 Å². The lowest BCUT2D eigenvalue weighted by Crippen LogP contribution is -2.44. The summed E-state index contributed by atoms with van der Waals surface area (Å²) in [6.07, 6.45) is 6.83. The minimum atomic E-state index is 0.327.